The molecule has 0 atom stereocenters. The molecule has 0 aliphatic heterocycles. The molecule has 0 amide bonds. The molecule has 3 rings (SSSR count). The summed E-state index contributed by atoms with van der Waals surface area (Å²) in [6.45, 7) is 12.0. The highest BCUT2D eigenvalue weighted by Crippen LogP contribution is 2.23. The number of fused-ring (bicyclic) bond motifs is 1. The number of aromatic carboxylic acids is 1. The van der Waals surface area contributed by atoms with Gasteiger partial charge in [-0.3, -0.25) is 0 Å². The Balaban J connectivity index is 0.00000111. The normalized spacial score (nSPS) is 9.00. The van der Waals surface area contributed by atoms with E-state index in [-0.39, 0.29) is 5.56 Å². The summed E-state index contributed by atoms with van der Waals surface area (Å²) in [5.41, 5.74) is 2.72. The molecule has 150 valence electrons. The maximum absolute atomic E-state index is 11.2. The van der Waals surface area contributed by atoms with Crippen LogP contribution in [0.1, 0.15) is 51.9 Å². The molecular weight excluding hydrogens is 353 g/mol. The van der Waals surface area contributed by atoms with E-state index in [1.165, 1.54) is 0 Å². The summed E-state index contributed by atoms with van der Waals surface area (Å²) in [5, 5.41) is 27.9. The second-order valence-electron chi connectivity index (χ2n) is 4.87. The summed E-state index contributed by atoms with van der Waals surface area (Å²) < 4.78 is 0. The van der Waals surface area contributed by atoms with E-state index in [0.717, 1.165) is 5.56 Å². The lowest BCUT2D eigenvalue weighted by Crippen LogP contribution is -2.29. The van der Waals surface area contributed by atoms with Crippen LogP contribution in [0.25, 0.3) is 22.2 Å². The monoisotopic (exact) mass is 383 g/mol. The highest BCUT2D eigenvalue weighted by atomic mass is 16.4. The van der Waals surface area contributed by atoms with E-state index < -0.39 is 13.1 Å². The van der Waals surface area contributed by atoms with Gasteiger partial charge in [-0.05, 0) is 29.7 Å². The summed E-state index contributed by atoms with van der Waals surface area (Å²) in [6, 6.07) is 15.1. The first-order chi connectivity index (χ1) is 13.6. The predicted molar refractivity (Wildman–Crippen MR) is 118 cm³/mol. The van der Waals surface area contributed by atoms with Gasteiger partial charge >= 0.3 is 13.1 Å². The van der Waals surface area contributed by atoms with Crippen molar-refractivity contribution in [3.8, 4) is 11.3 Å². The van der Waals surface area contributed by atoms with Gasteiger partial charge < -0.3 is 15.2 Å². The Morgan fingerprint density at radius 2 is 1.39 bits per heavy atom. The molecule has 0 aliphatic carbocycles. The highest BCUT2D eigenvalue weighted by Gasteiger charge is 2.12. The number of nitrogens with zero attached hydrogens (tertiary/aromatic N) is 1. The van der Waals surface area contributed by atoms with Gasteiger partial charge in [0.05, 0.1) is 16.8 Å². The molecule has 3 aromatic rings. The quantitative estimate of drug-likeness (QED) is 0.585. The minimum Gasteiger partial charge on any atom is -0.478 e. The van der Waals surface area contributed by atoms with E-state index in [0.29, 0.717) is 22.1 Å². The first kappa shape index (κ1) is 25.3. The number of hydrogen-bond acceptors (Lipinski definition) is 4. The average Bonchev–Trinajstić information content (AvgIpc) is 2.77. The van der Waals surface area contributed by atoms with Gasteiger partial charge in [0, 0.05) is 10.9 Å². The zero-order chi connectivity index (χ0) is 21.7. The van der Waals surface area contributed by atoms with Gasteiger partial charge in [0.15, 0.2) is 0 Å². The Hall–Kier alpha value is -2.70. The van der Waals surface area contributed by atoms with E-state index in [1.54, 1.807) is 54.6 Å². The van der Waals surface area contributed by atoms with E-state index in [9.17, 15) is 9.90 Å². The molecule has 0 spiro atoms. The molecule has 0 saturated carbocycles. The largest absolute Gasteiger partial charge is 0.488 e. The number of aromatic nitrogens is 1. The molecule has 5 nitrogen and oxygen atoms in total. The number of rotatable bonds is 3. The molecule has 0 aliphatic rings. The maximum atomic E-state index is 11.2. The van der Waals surface area contributed by atoms with E-state index in [1.807, 2.05) is 41.5 Å². The molecule has 0 unspecified atom stereocenters. The molecule has 0 saturated heterocycles. The highest BCUT2D eigenvalue weighted by molar-refractivity contribution is 6.58. The molecule has 28 heavy (non-hydrogen) atoms. The van der Waals surface area contributed by atoms with Crippen LogP contribution in [0.5, 0.6) is 0 Å². The average molecular weight is 383 g/mol. The van der Waals surface area contributed by atoms with Crippen molar-refractivity contribution >= 4 is 29.5 Å². The number of carboxylic acid groups (broad SMARTS) is 1. The third-order valence-electron chi connectivity index (χ3n) is 3.47. The molecule has 0 fully saturated rings. The molecule has 0 bridgehead atoms. The van der Waals surface area contributed by atoms with Crippen molar-refractivity contribution in [2.45, 2.75) is 41.5 Å². The van der Waals surface area contributed by atoms with Gasteiger partial charge in [0.2, 0.25) is 0 Å². The molecule has 6 heteroatoms. The summed E-state index contributed by atoms with van der Waals surface area (Å²) >= 11 is 0. The van der Waals surface area contributed by atoms with Crippen molar-refractivity contribution in [3.63, 3.8) is 0 Å². The summed E-state index contributed by atoms with van der Waals surface area (Å²) in [5.74, 6) is -0.985. The van der Waals surface area contributed by atoms with Gasteiger partial charge in [-0.15, -0.1) is 0 Å². The Morgan fingerprint density at radius 1 is 0.821 bits per heavy atom. The SMILES string of the molecule is CC.CC.CC.O=C(O)c1cccc2nc(-c3ccc(B(O)O)cc3)ccc12. The van der Waals surface area contributed by atoms with Crippen LogP contribution in [0.4, 0.5) is 0 Å². The van der Waals surface area contributed by atoms with Gasteiger partial charge in [-0.2, -0.15) is 0 Å². The second kappa shape index (κ2) is 13.5. The smallest absolute Gasteiger partial charge is 0.478 e. The van der Waals surface area contributed by atoms with Crippen molar-refractivity contribution in [1.82, 2.24) is 4.98 Å². The molecule has 1 heterocycles. The van der Waals surface area contributed by atoms with Crippen LogP contribution >= 0.6 is 0 Å². The molecule has 1 aromatic heterocycles. The Labute approximate surface area is 167 Å². The van der Waals surface area contributed by atoms with E-state index >= 15 is 0 Å². The Morgan fingerprint density at radius 3 is 1.89 bits per heavy atom. The van der Waals surface area contributed by atoms with Crippen molar-refractivity contribution < 1.29 is 19.9 Å². The van der Waals surface area contributed by atoms with Crippen molar-refractivity contribution in [3.05, 3.63) is 60.2 Å². The third kappa shape index (κ3) is 6.48. The second-order valence-corrected chi connectivity index (χ2v) is 4.87. The fraction of sp³-hybridized carbons (Fsp3) is 0.273. The number of benzene rings is 2. The van der Waals surface area contributed by atoms with Crippen LogP contribution < -0.4 is 5.46 Å². The van der Waals surface area contributed by atoms with Crippen molar-refractivity contribution in [2.75, 3.05) is 0 Å². The lowest BCUT2D eigenvalue weighted by Gasteiger charge is -2.06. The van der Waals surface area contributed by atoms with Crippen LogP contribution in [0.15, 0.2) is 54.6 Å². The summed E-state index contributed by atoms with van der Waals surface area (Å²) in [6.07, 6.45) is 0. The maximum Gasteiger partial charge on any atom is 0.488 e. The predicted octanol–water partition coefficient (Wildman–Crippen LogP) is 4.36. The standard InChI is InChI=1S/C16H12BNO4.3C2H6/c19-16(20)13-2-1-3-15-12(13)8-9-14(18-15)10-4-6-11(7-5-10)17(21)22;3*1-2/h1-9,21-22H,(H,19,20);3*1-2H3. The molecule has 3 N–H and O–H groups in total. The van der Waals surface area contributed by atoms with Crippen LogP contribution in [0.3, 0.4) is 0 Å². The van der Waals surface area contributed by atoms with Crippen LogP contribution in [0, 0.1) is 0 Å². The fourth-order valence-electron chi connectivity index (χ4n) is 2.33. The van der Waals surface area contributed by atoms with Gasteiger partial charge in [0.1, 0.15) is 0 Å². The Bertz CT molecular complexity index is 849. The van der Waals surface area contributed by atoms with E-state index in [4.69, 9.17) is 10.0 Å². The molecular formula is C22H30BNO4. The van der Waals surface area contributed by atoms with Gasteiger partial charge in [-0.1, -0.05) is 71.9 Å². The lowest BCUT2D eigenvalue weighted by atomic mass is 9.80. The van der Waals surface area contributed by atoms with Crippen LogP contribution in [-0.2, 0) is 0 Å². The van der Waals surface area contributed by atoms with Crippen LogP contribution in [-0.4, -0.2) is 33.2 Å². The number of carbonyl (C=O) groups is 1. The van der Waals surface area contributed by atoms with E-state index in [2.05, 4.69) is 4.98 Å². The van der Waals surface area contributed by atoms with Gasteiger partial charge in [0.25, 0.3) is 0 Å². The van der Waals surface area contributed by atoms with Gasteiger partial charge in [-0.25, -0.2) is 9.78 Å². The Kier molecular flexibility index (Phi) is 12.2. The summed E-state index contributed by atoms with van der Waals surface area (Å²) in [7, 11) is -1.50. The fourth-order valence-corrected chi connectivity index (χ4v) is 2.33. The molecule has 2 aromatic carbocycles. The zero-order valence-corrected chi connectivity index (χ0v) is 17.5. The lowest BCUT2D eigenvalue weighted by molar-refractivity contribution is 0.0699. The molecule has 0 radical (unpaired) electrons. The number of pyridine rings is 1. The topological polar surface area (TPSA) is 90.7 Å². The minimum absolute atomic E-state index is 0.218. The third-order valence-corrected chi connectivity index (χ3v) is 3.47. The number of carboxylic acids is 1. The van der Waals surface area contributed by atoms with Crippen LogP contribution in [0.2, 0.25) is 0 Å². The van der Waals surface area contributed by atoms with Crippen molar-refractivity contribution in [2.24, 2.45) is 0 Å². The first-order valence-corrected chi connectivity index (χ1v) is 9.66. The zero-order valence-electron chi connectivity index (χ0n) is 17.5. The first-order valence-electron chi connectivity index (χ1n) is 9.66. The number of hydrogen-bond donors (Lipinski definition) is 3. The minimum atomic E-state index is -1.50. The van der Waals surface area contributed by atoms with Crippen molar-refractivity contribution in [1.29, 1.82) is 0 Å². The summed E-state index contributed by atoms with van der Waals surface area (Å²) in [4.78, 5) is 15.7.